The third kappa shape index (κ3) is 3.42. The molecular formula is C18H30N2. The van der Waals surface area contributed by atoms with Gasteiger partial charge in [-0.1, -0.05) is 38.1 Å². The molecule has 1 aromatic carbocycles. The van der Waals surface area contributed by atoms with Gasteiger partial charge in [-0.3, -0.25) is 0 Å². The van der Waals surface area contributed by atoms with E-state index in [1.54, 1.807) is 0 Å². The first-order chi connectivity index (χ1) is 9.42. The lowest BCUT2D eigenvalue weighted by Crippen LogP contribution is -2.34. The van der Waals surface area contributed by atoms with Gasteiger partial charge in [0.15, 0.2) is 0 Å². The highest BCUT2D eigenvalue weighted by Gasteiger charge is 2.37. The molecule has 2 nitrogen and oxygen atoms in total. The first kappa shape index (κ1) is 15.5. The lowest BCUT2D eigenvalue weighted by atomic mass is 9.85. The van der Waals surface area contributed by atoms with E-state index in [-0.39, 0.29) is 0 Å². The van der Waals surface area contributed by atoms with Gasteiger partial charge in [-0.25, -0.2) is 0 Å². The summed E-state index contributed by atoms with van der Waals surface area (Å²) in [6, 6.07) is 10.0. The predicted octanol–water partition coefficient (Wildman–Crippen LogP) is 3.63. The van der Waals surface area contributed by atoms with Crippen LogP contribution in [0, 0.1) is 5.41 Å². The van der Waals surface area contributed by atoms with E-state index in [1.807, 2.05) is 0 Å². The highest BCUT2D eigenvalue weighted by molar-refractivity contribution is 5.37. The average molecular weight is 274 g/mol. The van der Waals surface area contributed by atoms with E-state index in [9.17, 15) is 0 Å². The van der Waals surface area contributed by atoms with Crippen molar-refractivity contribution in [1.29, 1.82) is 0 Å². The highest BCUT2D eigenvalue weighted by atomic mass is 15.1. The molecule has 1 aliphatic rings. The van der Waals surface area contributed by atoms with Gasteiger partial charge in [0, 0.05) is 12.1 Å². The summed E-state index contributed by atoms with van der Waals surface area (Å²) in [7, 11) is 2.21. The maximum absolute atomic E-state index is 3.80. The van der Waals surface area contributed by atoms with Crippen molar-refractivity contribution in [3.8, 4) is 0 Å². The van der Waals surface area contributed by atoms with E-state index in [0.717, 1.165) is 6.54 Å². The zero-order valence-corrected chi connectivity index (χ0v) is 13.7. The van der Waals surface area contributed by atoms with E-state index in [1.165, 1.54) is 30.5 Å². The van der Waals surface area contributed by atoms with Gasteiger partial charge in [0.25, 0.3) is 0 Å². The maximum atomic E-state index is 3.80. The Bertz CT molecular complexity index is 437. The average Bonchev–Trinajstić information content (AvgIpc) is 2.64. The van der Waals surface area contributed by atoms with Crippen LogP contribution in [0.15, 0.2) is 24.3 Å². The second kappa shape index (κ2) is 6.28. The predicted molar refractivity (Wildman–Crippen MR) is 87.1 cm³/mol. The van der Waals surface area contributed by atoms with Crippen LogP contribution in [-0.2, 0) is 6.42 Å². The van der Waals surface area contributed by atoms with E-state index >= 15 is 0 Å². The van der Waals surface area contributed by atoms with Gasteiger partial charge in [-0.2, -0.15) is 0 Å². The number of benzene rings is 1. The number of rotatable bonds is 6. The molecular weight excluding hydrogens is 244 g/mol. The molecule has 0 aliphatic heterocycles. The van der Waals surface area contributed by atoms with Crippen LogP contribution in [0.1, 0.15) is 51.3 Å². The van der Waals surface area contributed by atoms with Gasteiger partial charge in [-0.15, -0.1) is 0 Å². The largest absolute Gasteiger partial charge is 0.309 e. The minimum absolute atomic E-state index is 0.327. The van der Waals surface area contributed by atoms with Crippen molar-refractivity contribution in [2.75, 3.05) is 20.1 Å². The highest BCUT2D eigenvalue weighted by Crippen LogP contribution is 2.44. The number of nitrogens with zero attached hydrogens (tertiary/aromatic N) is 1. The van der Waals surface area contributed by atoms with Gasteiger partial charge in [0.05, 0.1) is 0 Å². The fourth-order valence-electron chi connectivity index (χ4n) is 3.21. The molecule has 0 spiro atoms. The van der Waals surface area contributed by atoms with Crippen molar-refractivity contribution < 1.29 is 0 Å². The molecule has 0 saturated carbocycles. The van der Waals surface area contributed by atoms with Gasteiger partial charge in [-0.05, 0) is 63.4 Å². The third-order valence-electron chi connectivity index (χ3n) is 4.71. The summed E-state index contributed by atoms with van der Waals surface area (Å²) in [4.78, 5) is 2.41. The molecule has 1 aromatic rings. The van der Waals surface area contributed by atoms with Crippen LogP contribution in [0.25, 0.3) is 0 Å². The summed E-state index contributed by atoms with van der Waals surface area (Å²) in [5, 5.41) is 3.80. The minimum atomic E-state index is 0.327. The fourth-order valence-corrected chi connectivity index (χ4v) is 3.21. The Hall–Kier alpha value is -0.860. The van der Waals surface area contributed by atoms with E-state index in [2.05, 4.69) is 69.2 Å². The van der Waals surface area contributed by atoms with Gasteiger partial charge < -0.3 is 10.2 Å². The Kier molecular flexibility index (Phi) is 4.87. The molecule has 1 atom stereocenters. The van der Waals surface area contributed by atoms with Crippen molar-refractivity contribution in [3.05, 3.63) is 35.4 Å². The molecule has 1 aliphatic carbocycles. The van der Waals surface area contributed by atoms with Crippen LogP contribution in [-0.4, -0.2) is 31.1 Å². The quantitative estimate of drug-likeness (QED) is 0.797. The summed E-state index contributed by atoms with van der Waals surface area (Å²) < 4.78 is 0. The molecule has 0 fully saturated rings. The first-order valence-corrected chi connectivity index (χ1v) is 7.93. The summed E-state index contributed by atoms with van der Waals surface area (Å²) >= 11 is 0. The molecule has 0 saturated heterocycles. The molecule has 1 N–H and O–H groups in total. The van der Waals surface area contributed by atoms with E-state index in [0.29, 0.717) is 17.5 Å². The van der Waals surface area contributed by atoms with Crippen LogP contribution in [0.2, 0.25) is 0 Å². The minimum Gasteiger partial charge on any atom is -0.309 e. The van der Waals surface area contributed by atoms with Crippen LogP contribution in [0.4, 0.5) is 0 Å². The third-order valence-corrected chi connectivity index (χ3v) is 4.71. The van der Waals surface area contributed by atoms with Crippen molar-refractivity contribution in [2.24, 2.45) is 5.41 Å². The molecule has 0 radical (unpaired) electrons. The molecule has 0 amide bonds. The zero-order chi connectivity index (χ0) is 14.8. The smallest absolute Gasteiger partial charge is 0.0377 e. The molecule has 2 rings (SSSR count). The molecule has 0 aromatic heterocycles. The van der Waals surface area contributed by atoms with Crippen molar-refractivity contribution >= 4 is 0 Å². The van der Waals surface area contributed by atoms with E-state index in [4.69, 9.17) is 0 Å². The topological polar surface area (TPSA) is 15.3 Å². The number of hydrogen-bond acceptors (Lipinski definition) is 2. The van der Waals surface area contributed by atoms with Crippen LogP contribution in [0.5, 0.6) is 0 Å². The molecule has 2 heteroatoms. The van der Waals surface area contributed by atoms with Crippen LogP contribution < -0.4 is 5.32 Å². The van der Waals surface area contributed by atoms with E-state index < -0.39 is 0 Å². The number of fused-ring (bicyclic) bond motifs is 1. The van der Waals surface area contributed by atoms with Crippen molar-refractivity contribution in [3.63, 3.8) is 0 Å². The lowest BCUT2D eigenvalue weighted by molar-refractivity contribution is 0.246. The SMILES string of the molecule is CC(C)N(C)CCCNC1c2ccccc2CC1(C)C. The molecule has 112 valence electrons. The van der Waals surface area contributed by atoms with Crippen molar-refractivity contribution in [1.82, 2.24) is 10.2 Å². The Morgan fingerprint density at radius 2 is 2.00 bits per heavy atom. The monoisotopic (exact) mass is 274 g/mol. The first-order valence-electron chi connectivity index (χ1n) is 7.93. The summed E-state index contributed by atoms with van der Waals surface area (Å²) in [5.74, 6) is 0. The Balaban J connectivity index is 1.89. The number of nitrogens with one attached hydrogen (secondary N) is 1. The zero-order valence-electron chi connectivity index (χ0n) is 13.7. The summed E-state index contributed by atoms with van der Waals surface area (Å²) in [5.41, 5.74) is 3.36. The molecule has 1 unspecified atom stereocenters. The number of hydrogen-bond donors (Lipinski definition) is 1. The normalized spacial score (nSPS) is 20.6. The van der Waals surface area contributed by atoms with Gasteiger partial charge in [0.2, 0.25) is 0 Å². The summed E-state index contributed by atoms with van der Waals surface area (Å²) in [6.45, 7) is 11.5. The molecule has 0 heterocycles. The fraction of sp³-hybridized carbons (Fsp3) is 0.667. The van der Waals surface area contributed by atoms with Gasteiger partial charge >= 0.3 is 0 Å². The molecule has 0 bridgehead atoms. The van der Waals surface area contributed by atoms with Crippen molar-refractivity contribution in [2.45, 2.75) is 52.6 Å². The van der Waals surface area contributed by atoms with Crippen LogP contribution >= 0.6 is 0 Å². The second-order valence-electron chi connectivity index (χ2n) is 7.18. The standard InChI is InChI=1S/C18H30N2/c1-14(2)20(5)12-8-11-19-17-16-10-7-6-9-15(16)13-18(17,3)4/h6-7,9-10,14,17,19H,8,11-13H2,1-5H3. The summed E-state index contributed by atoms with van der Waals surface area (Å²) in [6.07, 6.45) is 2.40. The van der Waals surface area contributed by atoms with Gasteiger partial charge in [0.1, 0.15) is 0 Å². The second-order valence-corrected chi connectivity index (χ2v) is 7.18. The van der Waals surface area contributed by atoms with Crippen LogP contribution in [0.3, 0.4) is 0 Å². The maximum Gasteiger partial charge on any atom is 0.0377 e. The molecule has 20 heavy (non-hydrogen) atoms. The Labute approximate surface area is 124 Å². The Morgan fingerprint density at radius 3 is 2.70 bits per heavy atom. The lowest BCUT2D eigenvalue weighted by Gasteiger charge is -2.29. The Morgan fingerprint density at radius 1 is 1.30 bits per heavy atom.